The normalized spacial score (nSPS) is 21.4. The summed E-state index contributed by atoms with van der Waals surface area (Å²) in [7, 11) is 0. The molecule has 0 bridgehead atoms. The van der Waals surface area contributed by atoms with Gasteiger partial charge in [-0.15, -0.1) is 0 Å². The lowest BCUT2D eigenvalue weighted by Gasteiger charge is -2.39. The third-order valence-corrected chi connectivity index (χ3v) is 4.63. The van der Waals surface area contributed by atoms with Crippen molar-refractivity contribution in [2.45, 2.75) is 32.7 Å². The van der Waals surface area contributed by atoms with E-state index in [9.17, 15) is 4.79 Å². The van der Waals surface area contributed by atoms with Crippen molar-refractivity contribution in [2.75, 3.05) is 13.1 Å². The van der Waals surface area contributed by atoms with Crippen molar-refractivity contribution in [3.05, 3.63) is 41.7 Å². The number of amides is 1. The number of likely N-dealkylation sites (tertiary alicyclic amines) is 1. The number of hydrogen-bond acceptors (Lipinski definition) is 4. The molecule has 1 amide bonds. The van der Waals surface area contributed by atoms with Crippen LogP contribution < -0.4 is 5.73 Å². The zero-order valence-electron chi connectivity index (χ0n) is 13.6. The monoisotopic (exact) mass is 313 g/mol. The first-order chi connectivity index (χ1) is 11.1. The largest absolute Gasteiger partial charge is 0.334 e. The zero-order valence-corrected chi connectivity index (χ0v) is 13.6. The number of carbonyl (C=O) groups is 1. The molecule has 2 N–H and O–H groups in total. The zero-order chi connectivity index (χ0) is 16.4. The number of aryl methyl sites for hydroxylation is 1. The van der Waals surface area contributed by atoms with Gasteiger partial charge in [-0.05, 0) is 37.8 Å². The smallest absolute Gasteiger partial charge is 0.256 e. The third-order valence-electron chi connectivity index (χ3n) is 4.63. The van der Waals surface area contributed by atoms with Crippen LogP contribution in [0.15, 0.2) is 30.6 Å². The van der Waals surface area contributed by atoms with E-state index in [1.807, 2.05) is 30.0 Å². The first-order valence-electron chi connectivity index (χ1n) is 8.10. The van der Waals surface area contributed by atoms with Crippen LogP contribution in [-0.4, -0.2) is 44.9 Å². The average molecular weight is 313 g/mol. The van der Waals surface area contributed by atoms with Crippen LogP contribution in [0.5, 0.6) is 0 Å². The molecule has 1 fully saturated rings. The predicted molar refractivity (Wildman–Crippen MR) is 88.4 cm³/mol. The fourth-order valence-electron chi connectivity index (χ4n) is 3.35. The van der Waals surface area contributed by atoms with E-state index in [2.05, 4.69) is 17.1 Å². The van der Waals surface area contributed by atoms with Crippen LogP contribution in [0.1, 0.15) is 35.7 Å². The Labute approximate surface area is 136 Å². The molecule has 2 aromatic rings. The van der Waals surface area contributed by atoms with Crippen LogP contribution in [0, 0.1) is 12.8 Å². The molecule has 6 nitrogen and oxygen atoms in total. The van der Waals surface area contributed by atoms with Crippen molar-refractivity contribution in [1.29, 1.82) is 0 Å². The van der Waals surface area contributed by atoms with Gasteiger partial charge in [-0.3, -0.25) is 4.79 Å². The lowest BCUT2D eigenvalue weighted by atomic mass is 9.90. The van der Waals surface area contributed by atoms with E-state index in [0.717, 1.165) is 24.9 Å². The summed E-state index contributed by atoms with van der Waals surface area (Å²) in [5.74, 6) is 0.441. The first kappa shape index (κ1) is 15.7. The Hall–Kier alpha value is -2.21. The van der Waals surface area contributed by atoms with Gasteiger partial charge in [-0.2, -0.15) is 15.0 Å². The van der Waals surface area contributed by atoms with Crippen LogP contribution in [-0.2, 0) is 0 Å². The minimum atomic E-state index is 0.0167. The Balaban J connectivity index is 2.00. The maximum absolute atomic E-state index is 13.2. The third kappa shape index (κ3) is 2.99. The van der Waals surface area contributed by atoms with Gasteiger partial charge in [0, 0.05) is 19.1 Å². The lowest BCUT2D eigenvalue weighted by molar-refractivity contribution is 0.0532. The summed E-state index contributed by atoms with van der Waals surface area (Å²) in [6.07, 6.45) is 5.36. The highest BCUT2D eigenvalue weighted by molar-refractivity contribution is 5.98. The number of hydrogen-bond donors (Lipinski definition) is 1. The van der Waals surface area contributed by atoms with Gasteiger partial charge >= 0.3 is 0 Å². The Morgan fingerprint density at radius 3 is 2.78 bits per heavy atom. The van der Waals surface area contributed by atoms with E-state index < -0.39 is 0 Å². The van der Waals surface area contributed by atoms with Gasteiger partial charge in [0.15, 0.2) is 0 Å². The Kier molecular flexibility index (Phi) is 4.43. The number of piperidine rings is 1. The molecule has 0 aliphatic carbocycles. The maximum atomic E-state index is 13.2. The molecule has 0 saturated carbocycles. The number of nitrogens with two attached hydrogens (primary N) is 1. The minimum absolute atomic E-state index is 0.0167. The molecular weight excluding hydrogens is 290 g/mol. The molecule has 23 heavy (non-hydrogen) atoms. The Morgan fingerprint density at radius 2 is 2.09 bits per heavy atom. The second-order valence-electron chi connectivity index (χ2n) is 6.26. The fraction of sp³-hybridized carbons (Fsp3) is 0.471. The highest BCUT2D eigenvalue weighted by atomic mass is 16.2. The number of aromatic nitrogens is 3. The standard InChI is InChI=1S/C17H23N5O/c1-12-5-6-15(22-19-7-8-20-22)14(10-12)17(23)21-9-3-4-13(2)16(21)11-18/h5-8,10,13,16H,3-4,9,11,18H2,1-2H3. The highest BCUT2D eigenvalue weighted by Crippen LogP contribution is 2.26. The van der Waals surface area contributed by atoms with Gasteiger partial charge in [-0.1, -0.05) is 18.6 Å². The molecule has 1 aliphatic rings. The van der Waals surface area contributed by atoms with Gasteiger partial charge < -0.3 is 10.6 Å². The number of rotatable bonds is 3. The van der Waals surface area contributed by atoms with Crippen LogP contribution in [0.4, 0.5) is 0 Å². The maximum Gasteiger partial charge on any atom is 0.256 e. The van der Waals surface area contributed by atoms with E-state index in [1.165, 1.54) is 4.80 Å². The second kappa shape index (κ2) is 6.50. The molecule has 1 aromatic carbocycles. The summed E-state index contributed by atoms with van der Waals surface area (Å²) >= 11 is 0. The quantitative estimate of drug-likeness (QED) is 0.937. The Bertz CT molecular complexity index is 682. The molecule has 2 heterocycles. The van der Waals surface area contributed by atoms with Gasteiger partial charge in [-0.25, -0.2) is 0 Å². The van der Waals surface area contributed by atoms with Crippen LogP contribution >= 0.6 is 0 Å². The minimum Gasteiger partial charge on any atom is -0.334 e. The molecule has 1 aliphatic heterocycles. The van der Waals surface area contributed by atoms with Crippen molar-refractivity contribution in [2.24, 2.45) is 11.7 Å². The van der Waals surface area contributed by atoms with Crippen LogP contribution in [0.3, 0.4) is 0 Å². The van der Waals surface area contributed by atoms with E-state index >= 15 is 0 Å². The highest BCUT2D eigenvalue weighted by Gasteiger charge is 2.32. The van der Waals surface area contributed by atoms with Gasteiger partial charge in [0.1, 0.15) is 0 Å². The lowest BCUT2D eigenvalue weighted by Crippen LogP contribution is -2.51. The molecule has 122 valence electrons. The van der Waals surface area contributed by atoms with Crippen LogP contribution in [0.2, 0.25) is 0 Å². The first-order valence-corrected chi connectivity index (χ1v) is 8.10. The molecule has 0 radical (unpaired) electrons. The predicted octanol–water partition coefficient (Wildman–Crippen LogP) is 1.78. The summed E-state index contributed by atoms with van der Waals surface area (Å²) in [6.45, 7) is 5.40. The fourth-order valence-corrected chi connectivity index (χ4v) is 3.35. The van der Waals surface area contributed by atoms with Gasteiger partial charge in [0.2, 0.25) is 0 Å². The average Bonchev–Trinajstić information content (AvgIpc) is 3.08. The summed E-state index contributed by atoms with van der Waals surface area (Å²) in [5.41, 5.74) is 8.32. The number of carbonyl (C=O) groups excluding carboxylic acids is 1. The SMILES string of the molecule is Cc1ccc(-n2nccn2)c(C(=O)N2CCCC(C)C2CN)c1. The van der Waals surface area contributed by atoms with Crippen molar-refractivity contribution in [3.8, 4) is 5.69 Å². The number of nitrogens with zero attached hydrogens (tertiary/aromatic N) is 4. The summed E-state index contributed by atoms with van der Waals surface area (Å²) in [4.78, 5) is 16.6. The van der Waals surface area contributed by atoms with Crippen molar-refractivity contribution < 1.29 is 4.79 Å². The second-order valence-corrected chi connectivity index (χ2v) is 6.26. The molecule has 2 atom stereocenters. The topological polar surface area (TPSA) is 77.0 Å². The van der Waals surface area contributed by atoms with E-state index in [1.54, 1.807) is 12.4 Å². The summed E-state index contributed by atoms with van der Waals surface area (Å²) in [5, 5.41) is 8.34. The van der Waals surface area contributed by atoms with E-state index in [0.29, 0.717) is 23.7 Å². The summed E-state index contributed by atoms with van der Waals surface area (Å²) < 4.78 is 0. The van der Waals surface area contributed by atoms with E-state index in [-0.39, 0.29) is 11.9 Å². The molecule has 3 rings (SSSR count). The summed E-state index contributed by atoms with van der Waals surface area (Å²) in [6, 6.07) is 5.87. The van der Waals surface area contributed by atoms with Crippen molar-refractivity contribution in [3.63, 3.8) is 0 Å². The molecule has 0 spiro atoms. The van der Waals surface area contributed by atoms with Crippen molar-refractivity contribution in [1.82, 2.24) is 19.9 Å². The van der Waals surface area contributed by atoms with Crippen LogP contribution in [0.25, 0.3) is 5.69 Å². The molecule has 6 heteroatoms. The van der Waals surface area contributed by atoms with Crippen molar-refractivity contribution >= 4 is 5.91 Å². The van der Waals surface area contributed by atoms with Gasteiger partial charge in [0.25, 0.3) is 5.91 Å². The molecule has 1 saturated heterocycles. The molecule has 2 unspecified atom stereocenters. The number of benzene rings is 1. The molecule has 1 aromatic heterocycles. The molecular formula is C17H23N5O. The van der Waals surface area contributed by atoms with Gasteiger partial charge in [0.05, 0.1) is 23.6 Å². The Morgan fingerprint density at radius 1 is 1.35 bits per heavy atom. The van der Waals surface area contributed by atoms with E-state index in [4.69, 9.17) is 5.73 Å².